The molecule has 1 aromatic carbocycles. The standard InChI is InChI=1S/C15H17NO2/c1-10-7-11(2)12(3)14(8-10)18-15-6-4-5-13(9-17)16-15/h4-8,17H,9H2,1-3H3. The number of rotatable bonds is 3. The SMILES string of the molecule is Cc1cc(C)c(C)c(Oc2cccc(CO)n2)c1. The van der Waals surface area contributed by atoms with Gasteiger partial charge in [0.25, 0.3) is 0 Å². The molecule has 3 heteroatoms. The van der Waals surface area contributed by atoms with Crippen LogP contribution in [0.5, 0.6) is 11.6 Å². The first-order valence-corrected chi connectivity index (χ1v) is 5.92. The van der Waals surface area contributed by atoms with E-state index in [-0.39, 0.29) is 6.61 Å². The molecule has 1 N–H and O–H groups in total. The zero-order valence-corrected chi connectivity index (χ0v) is 10.9. The second-order valence-corrected chi connectivity index (χ2v) is 4.43. The van der Waals surface area contributed by atoms with Crippen LogP contribution in [0.2, 0.25) is 0 Å². The van der Waals surface area contributed by atoms with Crippen molar-refractivity contribution in [1.29, 1.82) is 0 Å². The number of aromatic nitrogens is 1. The van der Waals surface area contributed by atoms with Gasteiger partial charge >= 0.3 is 0 Å². The fourth-order valence-corrected chi connectivity index (χ4v) is 1.82. The molecular weight excluding hydrogens is 226 g/mol. The molecule has 0 fully saturated rings. The van der Waals surface area contributed by atoms with Gasteiger partial charge in [-0.2, -0.15) is 0 Å². The van der Waals surface area contributed by atoms with Crippen LogP contribution in [0.3, 0.4) is 0 Å². The minimum absolute atomic E-state index is 0.0803. The Morgan fingerprint density at radius 3 is 2.67 bits per heavy atom. The number of aliphatic hydroxyl groups excluding tert-OH is 1. The van der Waals surface area contributed by atoms with Crippen LogP contribution in [0.25, 0.3) is 0 Å². The van der Waals surface area contributed by atoms with E-state index in [0.717, 1.165) is 16.9 Å². The van der Waals surface area contributed by atoms with Crippen molar-refractivity contribution >= 4 is 0 Å². The van der Waals surface area contributed by atoms with Gasteiger partial charge in [-0.25, -0.2) is 4.98 Å². The molecule has 94 valence electrons. The van der Waals surface area contributed by atoms with Gasteiger partial charge < -0.3 is 9.84 Å². The van der Waals surface area contributed by atoms with Gasteiger partial charge in [0.1, 0.15) is 5.75 Å². The Bertz CT molecular complexity index is 564. The number of hydrogen-bond acceptors (Lipinski definition) is 3. The number of pyridine rings is 1. The van der Waals surface area contributed by atoms with E-state index in [9.17, 15) is 0 Å². The lowest BCUT2D eigenvalue weighted by Crippen LogP contribution is -1.95. The van der Waals surface area contributed by atoms with E-state index in [4.69, 9.17) is 9.84 Å². The number of aryl methyl sites for hydroxylation is 2. The van der Waals surface area contributed by atoms with Crippen molar-refractivity contribution in [2.75, 3.05) is 0 Å². The molecule has 0 aliphatic rings. The van der Waals surface area contributed by atoms with Gasteiger partial charge in [-0.3, -0.25) is 0 Å². The summed E-state index contributed by atoms with van der Waals surface area (Å²) < 4.78 is 5.79. The van der Waals surface area contributed by atoms with Crippen molar-refractivity contribution in [1.82, 2.24) is 4.98 Å². The van der Waals surface area contributed by atoms with Gasteiger partial charge in [-0.05, 0) is 49.6 Å². The molecule has 18 heavy (non-hydrogen) atoms. The van der Waals surface area contributed by atoms with Crippen LogP contribution in [0.1, 0.15) is 22.4 Å². The predicted molar refractivity (Wildman–Crippen MR) is 70.9 cm³/mol. The molecule has 0 saturated heterocycles. The van der Waals surface area contributed by atoms with Crippen molar-refractivity contribution in [3.05, 3.63) is 52.7 Å². The monoisotopic (exact) mass is 243 g/mol. The molecule has 0 aliphatic heterocycles. The van der Waals surface area contributed by atoms with E-state index >= 15 is 0 Å². The highest BCUT2D eigenvalue weighted by molar-refractivity contribution is 5.43. The zero-order chi connectivity index (χ0) is 13.1. The molecule has 3 nitrogen and oxygen atoms in total. The van der Waals surface area contributed by atoms with Gasteiger partial charge in [0.2, 0.25) is 5.88 Å². The van der Waals surface area contributed by atoms with Crippen molar-refractivity contribution in [3.8, 4) is 11.6 Å². The highest BCUT2D eigenvalue weighted by Crippen LogP contribution is 2.27. The maximum atomic E-state index is 9.05. The topological polar surface area (TPSA) is 42.4 Å². The Morgan fingerprint density at radius 1 is 1.17 bits per heavy atom. The summed E-state index contributed by atoms with van der Waals surface area (Å²) in [4.78, 5) is 4.21. The molecule has 0 bridgehead atoms. The van der Waals surface area contributed by atoms with Gasteiger partial charge in [0, 0.05) is 6.07 Å². The molecular formula is C15H17NO2. The third-order valence-electron chi connectivity index (χ3n) is 2.92. The fourth-order valence-electron chi connectivity index (χ4n) is 1.82. The average molecular weight is 243 g/mol. The number of nitrogens with zero attached hydrogens (tertiary/aromatic N) is 1. The van der Waals surface area contributed by atoms with Crippen LogP contribution in [-0.4, -0.2) is 10.1 Å². The molecule has 0 unspecified atom stereocenters. The lowest BCUT2D eigenvalue weighted by Gasteiger charge is -2.11. The Labute approximate surface area is 107 Å². The van der Waals surface area contributed by atoms with Gasteiger partial charge in [-0.15, -0.1) is 0 Å². The van der Waals surface area contributed by atoms with E-state index in [1.807, 2.05) is 26.0 Å². The highest BCUT2D eigenvalue weighted by atomic mass is 16.5. The summed E-state index contributed by atoms with van der Waals surface area (Å²) in [7, 11) is 0. The fraction of sp³-hybridized carbons (Fsp3) is 0.267. The van der Waals surface area contributed by atoms with Gasteiger partial charge in [0.15, 0.2) is 0 Å². The second-order valence-electron chi connectivity index (χ2n) is 4.43. The summed E-state index contributed by atoms with van der Waals surface area (Å²) in [6.45, 7) is 6.05. The molecule has 0 aliphatic carbocycles. The molecule has 2 rings (SSSR count). The summed E-state index contributed by atoms with van der Waals surface area (Å²) in [5, 5.41) is 9.05. The minimum Gasteiger partial charge on any atom is -0.439 e. The van der Waals surface area contributed by atoms with Crippen molar-refractivity contribution in [3.63, 3.8) is 0 Å². The lowest BCUT2D eigenvalue weighted by molar-refractivity contribution is 0.275. The van der Waals surface area contributed by atoms with E-state index in [1.54, 1.807) is 12.1 Å². The van der Waals surface area contributed by atoms with Crippen LogP contribution in [0.15, 0.2) is 30.3 Å². The molecule has 1 aromatic heterocycles. The molecule has 0 amide bonds. The van der Waals surface area contributed by atoms with E-state index in [1.165, 1.54) is 5.56 Å². The smallest absolute Gasteiger partial charge is 0.219 e. The first-order chi connectivity index (χ1) is 8.60. The summed E-state index contributed by atoms with van der Waals surface area (Å²) in [6, 6.07) is 9.50. The summed E-state index contributed by atoms with van der Waals surface area (Å²) in [5.74, 6) is 1.32. The first-order valence-electron chi connectivity index (χ1n) is 5.92. The van der Waals surface area contributed by atoms with Crippen LogP contribution in [0, 0.1) is 20.8 Å². The number of ether oxygens (including phenoxy) is 1. The summed E-state index contributed by atoms with van der Waals surface area (Å²) in [6.07, 6.45) is 0. The molecule has 0 spiro atoms. The van der Waals surface area contributed by atoms with Crippen LogP contribution in [0.4, 0.5) is 0 Å². The number of hydrogen-bond donors (Lipinski definition) is 1. The van der Waals surface area contributed by atoms with E-state index in [2.05, 4.69) is 18.0 Å². The van der Waals surface area contributed by atoms with Crippen LogP contribution in [-0.2, 0) is 6.61 Å². The molecule has 2 aromatic rings. The number of benzene rings is 1. The van der Waals surface area contributed by atoms with Crippen molar-refractivity contribution in [2.45, 2.75) is 27.4 Å². The van der Waals surface area contributed by atoms with Gasteiger partial charge in [0.05, 0.1) is 12.3 Å². The Hall–Kier alpha value is -1.87. The Morgan fingerprint density at radius 2 is 1.94 bits per heavy atom. The van der Waals surface area contributed by atoms with E-state index in [0.29, 0.717) is 11.6 Å². The van der Waals surface area contributed by atoms with E-state index < -0.39 is 0 Å². The van der Waals surface area contributed by atoms with Crippen molar-refractivity contribution in [2.24, 2.45) is 0 Å². The highest BCUT2D eigenvalue weighted by Gasteiger charge is 2.06. The minimum atomic E-state index is -0.0803. The molecule has 0 atom stereocenters. The first kappa shape index (κ1) is 12.6. The largest absolute Gasteiger partial charge is 0.439 e. The Kier molecular flexibility index (Phi) is 3.63. The molecule has 0 radical (unpaired) electrons. The Balaban J connectivity index is 2.33. The maximum absolute atomic E-state index is 9.05. The third kappa shape index (κ3) is 2.68. The number of aliphatic hydroxyl groups is 1. The average Bonchev–Trinajstić information content (AvgIpc) is 2.35. The lowest BCUT2D eigenvalue weighted by atomic mass is 10.1. The summed E-state index contributed by atoms with van der Waals surface area (Å²) >= 11 is 0. The molecule has 0 saturated carbocycles. The van der Waals surface area contributed by atoms with Crippen LogP contribution < -0.4 is 4.74 Å². The predicted octanol–water partition coefficient (Wildman–Crippen LogP) is 3.29. The van der Waals surface area contributed by atoms with Crippen LogP contribution >= 0.6 is 0 Å². The maximum Gasteiger partial charge on any atom is 0.219 e. The quantitative estimate of drug-likeness (QED) is 0.899. The summed E-state index contributed by atoms with van der Waals surface area (Å²) in [5.41, 5.74) is 4.07. The zero-order valence-electron chi connectivity index (χ0n) is 10.9. The normalized spacial score (nSPS) is 10.4. The van der Waals surface area contributed by atoms with Gasteiger partial charge in [-0.1, -0.05) is 12.1 Å². The third-order valence-corrected chi connectivity index (χ3v) is 2.92. The molecule has 1 heterocycles. The van der Waals surface area contributed by atoms with Crippen molar-refractivity contribution < 1.29 is 9.84 Å². The second kappa shape index (κ2) is 5.19.